The standard InChI is InChI=1S/C25H30FN5OS/c1-4-6-21(10-9-18(2)26)30-14-24-16-33-22(20-8-5-7-19(11-20)12-27)13-31(24)17-29(3)23(32)25(24,28)15-30/h5-11,13,18H,4,14-17,28H2,1-3H3/b10-9-,21-6+. The predicted molar refractivity (Wildman–Crippen MR) is 130 cm³/mol. The van der Waals surface area contributed by atoms with E-state index < -0.39 is 17.2 Å². The van der Waals surface area contributed by atoms with Gasteiger partial charge in [-0.05, 0) is 43.2 Å². The van der Waals surface area contributed by atoms with Crippen molar-refractivity contribution >= 4 is 22.6 Å². The van der Waals surface area contributed by atoms with Crippen LogP contribution in [-0.2, 0) is 4.79 Å². The maximum Gasteiger partial charge on any atom is 0.248 e. The fourth-order valence-corrected chi connectivity index (χ4v) is 6.37. The van der Waals surface area contributed by atoms with Crippen molar-refractivity contribution in [3.63, 3.8) is 0 Å². The first-order valence-electron chi connectivity index (χ1n) is 11.2. The molecule has 0 bridgehead atoms. The Morgan fingerprint density at radius 1 is 1.42 bits per heavy atom. The van der Waals surface area contributed by atoms with Gasteiger partial charge >= 0.3 is 0 Å². The summed E-state index contributed by atoms with van der Waals surface area (Å²) in [6, 6.07) is 9.76. The topological polar surface area (TPSA) is 76.6 Å². The lowest BCUT2D eigenvalue weighted by Crippen LogP contribution is -2.79. The Hall–Kier alpha value is -2.76. The second-order valence-corrected chi connectivity index (χ2v) is 10.0. The van der Waals surface area contributed by atoms with Gasteiger partial charge in [-0.15, -0.1) is 11.8 Å². The van der Waals surface area contributed by atoms with Crippen molar-refractivity contribution < 1.29 is 9.18 Å². The molecule has 1 aromatic rings. The van der Waals surface area contributed by atoms with E-state index in [2.05, 4.69) is 28.1 Å². The molecule has 3 heterocycles. The molecule has 6 nitrogen and oxygen atoms in total. The Balaban J connectivity index is 1.74. The molecule has 0 saturated carbocycles. The van der Waals surface area contributed by atoms with Crippen LogP contribution in [0.5, 0.6) is 0 Å². The average Bonchev–Trinajstić information content (AvgIpc) is 3.11. The molecule has 1 amide bonds. The number of benzene rings is 1. The molecule has 4 rings (SSSR count). The number of hydrogen-bond acceptors (Lipinski definition) is 6. The van der Waals surface area contributed by atoms with Crippen LogP contribution in [0, 0.1) is 11.3 Å². The number of thioether (sulfide) groups is 1. The monoisotopic (exact) mass is 467 g/mol. The molecule has 0 aromatic heterocycles. The summed E-state index contributed by atoms with van der Waals surface area (Å²) in [6.45, 7) is 4.93. The molecule has 1 spiro atoms. The molecule has 33 heavy (non-hydrogen) atoms. The fourth-order valence-electron chi connectivity index (χ4n) is 4.97. The number of amides is 1. The quantitative estimate of drug-likeness (QED) is 0.670. The molecule has 8 heteroatoms. The third-order valence-corrected chi connectivity index (χ3v) is 7.97. The highest BCUT2D eigenvalue weighted by Crippen LogP contribution is 2.49. The van der Waals surface area contributed by atoms with E-state index in [1.807, 2.05) is 25.1 Å². The molecule has 3 aliphatic rings. The second kappa shape index (κ2) is 8.88. The number of nitrogens with two attached hydrogens (primary N) is 1. The fraction of sp³-hybridized carbons (Fsp3) is 0.440. The van der Waals surface area contributed by atoms with E-state index in [-0.39, 0.29) is 5.91 Å². The molecule has 3 atom stereocenters. The van der Waals surface area contributed by atoms with E-state index >= 15 is 0 Å². The third-order valence-electron chi connectivity index (χ3n) is 6.69. The minimum absolute atomic E-state index is 0.0659. The van der Waals surface area contributed by atoms with Crippen LogP contribution < -0.4 is 5.73 Å². The van der Waals surface area contributed by atoms with Crippen LogP contribution in [0.4, 0.5) is 4.39 Å². The number of allylic oxidation sites excluding steroid dienone is 3. The number of hydrogen-bond donors (Lipinski definition) is 1. The SMILES string of the molecule is CC/C=C(\C=C/C(C)F)N1CC2(N)C(=O)N(C)CN3C=C(c4cccc(C#N)c4)SCC32C1. The molecule has 0 aliphatic carbocycles. The van der Waals surface area contributed by atoms with Gasteiger partial charge in [0.05, 0.1) is 23.8 Å². The summed E-state index contributed by atoms with van der Waals surface area (Å²) in [7, 11) is 1.78. The van der Waals surface area contributed by atoms with Gasteiger partial charge in [0, 0.05) is 42.7 Å². The average molecular weight is 468 g/mol. The van der Waals surface area contributed by atoms with Gasteiger partial charge in [-0.25, -0.2) is 4.39 Å². The zero-order valence-electron chi connectivity index (χ0n) is 19.3. The van der Waals surface area contributed by atoms with Gasteiger partial charge in [0.15, 0.2) is 0 Å². The van der Waals surface area contributed by atoms with Crippen molar-refractivity contribution in [1.29, 1.82) is 5.26 Å². The summed E-state index contributed by atoms with van der Waals surface area (Å²) in [5.41, 5.74) is 7.79. The molecule has 2 saturated heterocycles. The summed E-state index contributed by atoms with van der Waals surface area (Å²) in [5, 5.41) is 9.28. The predicted octanol–water partition coefficient (Wildman–Crippen LogP) is 3.29. The van der Waals surface area contributed by atoms with E-state index in [0.29, 0.717) is 31.1 Å². The van der Waals surface area contributed by atoms with Gasteiger partial charge in [-0.3, -0.25) is 4.79 Å². The second-order valence-electron chi connectivity index (χ2n) is 9.02. The summed E-state index contributed by atoms with van der Waals surface area (Å²) >= 11 is 1.67. The van der Waals surface area contributed by atoms with Gasteiger partial charge in [0.1, 0.15) is 11.7 Å². The number of alkyl halides is 1. The van der Waals surface area contributed by atoms with Gasteiger partial charge in [0.25, 0.3) is 0 Å². The lowest BCUT2D eigenvalue weighted by atomic mass is 9.77. The number of likely N-dealkylation sites (tertiary alicyclic amines) is 1. The summed E-state index contributed by atoms with van der Waals surface area (Å²) in [4.78, 5) is 20.4. The summed E-state index contributed by atoms with van der Waals surface area (Å²) in [6.07, 6.45) is 7.22. The van der Waals surface area contributed by atoms with Crippen molar-refractivity contribution in [2.24, 2.45) is 5.73 Å². The Bertz CT molecular complexity index is 1080. The highest BCUT2D eigenvalue weighted by atomic mass is 32.2. The van der Waals surface area contributed by atoms with E-state index in [0.717, 1.165) is 22.6 Å². The van der Waals surface area contributed by atoms with Crippen LogP contribution in [0.25, 0.3) is 4.91 Å². The summed E-state index contributed by atoms with van der Waals surface area (Å²) < 4.78 is 13.5. The molecule has 3 aliphatic heterocycles. The molecule has 3 unspecified atom stereocenters. The Morgan fingerprint density at radius 3 is 2.91 bits per heavy atom. The zero-order chi connectivity index (χ0) is 23.8. The van der Waals surface area contributed by atoms with Crippen molar-refractivity contribution in [2.75, 3.05) is 32.6 Å². The number of nitrogens with zero attached hydrogens (tertiary/aromatic N) is 4. The van der Waals surface area contributed by atoms with Crippen LogP contribution >= 0.6 is 11.8 Å². The smallest absolute Gasteiger partial charge is 0.248 e. The van der Waals surface area contributed by atoms with Crippen LogP contribution in [0.1, 0.15) is 31.4 Å². The summed E-state index contributed by atoms with van der Waals surface area (Å²) in [5.74, 6) is 0.578. The molecule has 174 valence electrons. The Kier molecular flexibility index (Phi) is 6.30. The van der Waals surface area contributed by atoms with Gasteiger partial charge in [-0.1, -0.05) is 25.1 Å². The molecular formula is C25H30FN5OS. The van der Waals surface area contributed by atoms with Crippen LogP contribution in [0.2, 0.25) is 0 Å². The van der Waals surface area contributed by atoms with E-state index in [9.17, 15) is 14.4 Å². The van der Waals surface area contributed by atoms with Crippen LogP contribution in [0.3, 0.4) is 0 Å². The molecule has 0 radical (unpaired) electrons. The molecular weight excluding hydrogens is 437 g/mol. The maximum atomic E-state index is 13.5. The molecule has 1 aromatic carbocycles. The number of carbonyl (C=O) groups is 1. The normalized spacial score (nSPS) is 28.5. The van der Waals surface area contributed by atoms with Crippen molar-refractivity contribution in [2.45, 2.75) is 37.5 Å². The Labute approximate surface area is 199 Å². The van der Waals surface area contributed by atoms with Gasteiger partial charge in [0.2, 0.25) is 5.91 Å². The minimum atomic E-state index is -1.09. The molecule has 2 N–H and O–H groups in total. The number of nitriles is 1. The minimum Gasteiger partial charge on any atom is -0.367 e. The first-order chi connectivity index (χ1) is 15.7. The van der Waals surface area contributed by atoms with Crippen molar-refractivity contribution in [1.82, 2.24) is 14.7 Å². The number of rotatable bonds is 5. The highest BCUT2D eigenvalue weighted by molar-refractivity contribution is 8.08. The van der Waals surface area contributed by atoms with Crippen LogP contribution in [-0.4, -0.2) is 70.4 Å². The first kappa shape index (κ1) is 23.4. The first-order valence-corrected chi connectivity index (χ1v) is 12.2. The number of halogens is 1. The lowest BCUT2D eigenvalue weighted by molar-refractivity contribution is -0.149. The highest BCUT2D eigenvalue weighted by Gasteiger charge is 2.66. The van der Waals surface area contributed by atoms with Gasteiger partial charge in [-0.2, -0.15) is 5.26 Å². The lowest BCUT2D eigenvalue weighted by Gasteiger charge is -2.56. The van der Waals surface area contributed by atoms with E-state index in [4.69, 9.17) is 5.73 Å². The van der Waals surface area contributed by atoms with Crippen molar-refractivity contribution in [3.05, 3.63) is 65.5 Å². The Morgan fingerprint density at radius 2 is 2.21 bits per heavy atom. The van der Waals surface area contributed by atoms with Gasteiger partial charge < -0.3 is 20.4 Å². The largest absolute Gasteiger partial charge is 0.367 e. The third kappa shape index (κ3) is 3.94. The number of carbonyl (C=O) groups excluding carboxylic acids is 1. The number of likely N-dealkylation sites (N-methyl/N-ethyl adjacent to an activating group) is 1. The molecule has 2 fully saturated rings. The zero-order valence-corrected chi connectivity index (χ0v) is 20.1. The van der Waals surface area contributed by atoms with Crippen LogP contribution in [0.15, 0.2) is 54.4 Å². The van der Waals surface area contributed by atoms with Crippen molar-refractivity contribution in [3.8, 4) is 6.07 Å². The van der Waals surface area contributed by atoms with E-state index in [1.165, 1.54) is 13.0 Å². The van der Waals surface area contributed by atoms with E-state index in [1.54, 1.807) is 35.9 Å². The maximum absolute atomic E-state index is 13.5.